The molecule has 1 N–H and O–H groups in total. The van der Waals surface area contributed by atoms with Gasteiger partial charge < -0.3 is 10.1 Å². The van der Waals surface area contributed by atoms with E-state index in [4.69, 9.17) is 4.74 Å². The molecular weight excluding hydrogens is 222 g/mol. The summed E-state index contributed by atoms with van der Waals surface area (Å²) in [7, 11) is 0. The first kappa shape index (κ1) is 15.2. The Labute approximate surface area is 112 Å². The third-order valence-corrected chi connectivity index (χ3v) is 2.89. The zero-order chi connectivity index (χ0) is 13.4. The quantitative estimate of drug-likeness (QED) is 0.710. The molecule has 1 aromatic rings. The summed E-state index contributed by atoms with van der Waals surface area (Å²) in [6.45, 7) is 11.4. The van der Waals surface area contributed by atoms with Gasteiger partial charge in [0.05, 0.1) is 6.61 Å². The summed E-state index contributed by atoms with van der Waals surface area (Å²) in [6.07, 6.45) is 0. The number of ether oxygens (including phenoxy) is 1. The highest BCUT2D eigenvalue weighted by atomic mass is 16.5. The van der Waals surface area contributed by atoms with Gasteiger partial charge in [-0.2, -0.15) is 0 Å². The van der Waals surface area contributed by atoms with Gasteiger partial charge in [0.2, 0.25) is 0 Å². The summed E-state index contributed by atoms with van der Waals surface area (Å²) in [5, 5.41) is 3.58. The lowest BCUT2D eigenvalue weighted by atomic mass is 9.96. The Balaban J connectivity index is 2.36. The average Bonchev–Trinajstić information content (AvgIpc) is 2.34. The van der Waals surface area contributed by atoms with Gasteiger partial charge >= 0.3 is 0 Å². The van der Waals surface area contributed by atoms with Crippen molar-refractivity contribution in [3.63, 3.8) is 0 Å². The van der Waals surface area contributed by atoms with Crippen molar-refractivity contribution < 1.29 is 4.74 Å². The summed E-state index contributed by atoms with van der Waals surface area (Å²) >= 11 is 0. The highest BCUT2D eigenvalue weighted by Gasteiger charge is 2.14. The normalized spacial score (nSPS) is 13.2. The Kier molecular flexibility index (Phi) is 6.99. The molecule has 0 saturated heterocycles. The summed E-state index contributed by atoms with van der Waals surface area (Å²) in [6, 6.07) is 11.0. The fraction of sp³-hybridized carbons (Fsp3) is 0.625. The molecule has 0 amide bonds. The van der Waals surface area contributed by atoms with E-state index in [2.05, 4.69) is 63.3 Å². The highest BCUT2D eigenvalue weighted by Crippen LogP contribution is 2.20. The van der Waals surface area contributed by atoms with E-state index in [-0.39, 0.29) is 0 Å². The van der Waals surface area contributed by atoms with Crippen molar-refractivity contribution in [2.24, 2.45) is 11.8 Å². The molecule has 102 valence electrons. The van der Waals surface area contributed by atoms with E-state index < -0.39 is 0 Å². The molecule has 0 aliphatic carbocycles. The molecule has 0 bridgehead atoms. The molecule has 1 aromatic carbocycles. The van der Waals surface area contributed by atoms with Crippen LogP contribution in [0.5, 0.6) is 0 Å². The van der Waals surface area contributed by atoms with Crippen molar-refractivity contribution in [3.8, 4) is 0 Å². The van der Waals surface area contributed by atoms with E-state index in [0.29, 0.717) is 17.9 Å². The molecule has 1 rings (SSSR count). The average molecular weight is 249 g/mol. The van der Waals surface area contributed by atoms with Crippen LogP contribution < -0.4 is 5.32 Å². The van der Waals surface area contributed by atoms with Crippen LogP contribution in [0.4, 0.5) is 0 Å². The smallest absolute Gasteiger partial charge is 0.0591 e. The second kappa shape index (κ2) is 8.28. The van der Waals surface area contributed by atoms with Crippen LogP contribution in [0.25, 0.3) is 0 Å². The first-order chi connectivity index (χ1) is 8.61. The maximum atomic E-state index is 5.60. The lowest BCUT2D eigenvalue weighted by Crippen LogP contribution is -2.29. The second-order valence-corrected chi connectivity index (χ2v) is 5.56. The number of hydrogen-bond donors (Lipinski definition) is 1. The van der Waals surface area contributed by atoms with Crippen LogP contribution >= 0.6 is 0 Å². The minimum atomic E-state index is 0.411. The fourth-order valence-corrected chi connectivity index (χ4v) is 2.00. The van der Waals surface area contributed by atoms with Gasteiger partial charge in [-0.1, -0.05) is 58.0 Å². The van der Waals surface area contributed by atoms with Crippen molar-refractivity contribution in [1.29, 1.82) is 0 Å². The van der Waals surface area contributed by atoms with Crippen molar-refractivity contribution in [2.45, 2.75) is 33.7 Å². The van der Waals surface area contributed by atoms with Gasteiger partial charge in [0.15, 0.2) is 0 Å². The van der Waals surface area contributed by atoms with Crippen LogP contribution in [0.2, 0.25) is 0 Å². The molecule has 1 atom stereocenters. The molecule has 0 saturated carbocycles. The largest absolute Gasteiger partial charge is 0.380 e. The topological polar surface area (TPSA) is 21.3 Å². The maximum absolute atomic E-state index is 5.60. The molecule has 1 unspecified atom stereocenters. The molecule has 2 nitrogen and oxygen atoms in total. The molecule has 0 aliphatic heterocycles. The van der Waals surface area contributed by atoms with Gasteiger partial charge in [0, 0.05) is 19.2 Å². The maximum Gasteiger partial charge on any atom is 0.0591 e. The van der Waals surface area contributed by atoms with E-state index in [0.717, 1.165) is 19.8 Å². The Morgan fingerprint density at radius 2 is 1.72 bits per heavy atom. The van der Waals surface area contributed by atoms with E-state index in [1.807, 2.05) is 0 Å². The summed E-state index contributed by atoms with van der Waals surface area (Å²) in [5.74, 6) is 1.19. The molecule has 18 heavy (non-hydrogen) atoms. The van der Waals surface area contributed by atoms with E-state index in [9.17, 15) is 0 Å². The van der Waals surface area contributed by atoms with Crippen molar-refractivity contribution in [3.05, 3.63) is 35.9 Å². The highest BCUT2D eigenvalue weighted by molar-refractivity contribution is 5.19. The predicted molar refractivity (Wildman–Crippen MR) is 77.7 cm³/mol. The van der Waals surface area contributed by atoms with Crippen LogP contribution in [0.3, 0.4) is 0 Å². The van der Waals surface area contributed by atoms with Crippen LogP contribution in [-0.4, -0.2) is 19.8 Å². The minimum absolute atomic E-state index is 0.411. The monoisotopic (exact) mass is 249 g/mol. The number of nitrogens with one attached hydrogen (secondary N) is 1. The molecule has 2 heteroatoms. The third-order valence-electron chi connectivity index (χ3n) is 2.89. The van der Waals surface area contributed by atoms with E-state index in [1.165, 1.54) is 5.56 Å². The van der Waals surface area contributed by atoms with Crippen LogP contribution in [0.1, 0.15) is 39.3 Å². The van der Waals surface area contributed by atoms with Crippen LogP contribution in [0.15, 0.2) is 30.3 Å². The van der Waals surface area contributed by atoms with Crippen LogP contribution in [0, 0.1) is 11.8 Å². The second-order valence-electron chi connectivity index (χ2n) is 5.56. The van der Waals surface area contributed by atoms with E-state index >= 15 is 0 Å². The molecule has 0 aromatic heterocycles. The zero-order valence-corrected chi connectivity index (χ0v) is 12.1. The van der Waals surface area contributed by atoms with Gasteiger partial charge in [0.1, 0.15) is 0 Å². The Hall–Kier alpha value is -0.860. The van der Waals surface area contributed by atoms with Crippen molar-refractivity contribution >= 4 is 0 Å². The molecular formula is C16H27NO. The van der Waals surface area contributed by atoms with Gasteiger partial charge in [-0.15, -0.1) is 0 Å². The molecule has 0 radical (unpaired) electrons. The summed E-state index contributed by atoms with van der Waals surface area (Å²) in [4.78, 5) is 0. The van der Waals surface area contributed by atoms with Gasteiger partial charge in [-0.3, -0.25) is 0 Å². The number of hydrogen-bond acceptors (Lipinski definition) is 2. The molecule has 0 heterocycles. The SMILES string of the molecule is CC(C)COCCNC(c1ccccc1)C(C)C. The van der Waals surface area contributed by atoms with Crippen molar-refractivity contribution in [2.75, 3.05) is 19.8 Å². The Morgan fingerprint density at radius 1 is 1.06 bits per heavy atom. The number of benzene rings is 1. The fourth-order valence-electron chi connectivity index (χ4n) is 2.00. The first-order valence-corrected chi connectivity index (χ1v) is 6.97. The van der Waals surface area contributed by atoms with Gasteiger partial charge in [-0.25, -0.2) is 0 Å². The van der Waals surface area contributed by atoms with Crippen LogP contribution in [-0.2, 0) is 4.74 Å². The molecule has 0 aliphatic rings. The summed E-state index contributed by atoms with van der Waals surface area (Å²) in [5.41, 5.74) is 1.36. The van der Waals surface area contributed by atoms with E-state index in [1.54, 1.807) is 0 Å². The summed E-state index contributed by atoms with van der Waals surface area (Å²) < 4.78 is 5.60. The first-order valence-electron chi connectivity index (χ1n) is 6.97. The Bertz CT molecular complexity index is 308. The third kappa shape index (κ3) is 5.65. The Morgan fingerprint density at radius 3 is 2.28 bits per heavy atom. The van der Waals surface area contributed by atoms with Gasteiger partial charge in [0.25, 0.3) is 0 Å². The zero-order valence-electron chi connectivity index (χ0n) is 12.1. The van der Waals surface area contributed by atoms with Gasteiger partial charge in [-0.05, 0) is 17.4 Å². The molecule has 0 fully saturated rings. The minimum Gasteiger partial charge on any atom is -0.380 e. The standard InChI is InChI=1S/C16H27NO/c1-13(2)12-18-11-10-17-16(14(3)4)15-8-6-5-7-9-15/h5-9,13-14,16-17H,10-12H2,1-4H3. The predicted octanol–water partition coefficient (Wildman–Crippen LogP) is 3.65. The lowest BCUT2D eigenvalue weighted by Gasteiger charge is -2.23. The molecule has 0 spiro atoms. The van der Waals surface area contributed by atoms with Crippen molar-refractivity contribution in [1.82, 2.24) is 5.32 Å². The number of rotatable bonds is 8. The lowest BCUT2D eigenvalue weighted by molar-refractivity contribution is 0.109.